The average Bonchev–Trinajstić information content (AvgIpc) is 3.76. The van der Waals surface area contributed by atoms with E-state index in [0.29, 0.717) is 17.5 Å². The van der Waals surface area contributed by atoms with E-state index in [4.69, 9.17) is 19.9 Å². The molecule has 0 spiro atoms. The van der Waals surface area contributed by atoms with Crippen molar-refractivity contribution in [2.45, 2.75) is 0 Å². The molecule has 0 unspecified atom stereocenters. The number of nitrogens with zero attached hydrogens (tertiary/aromatic N) is 4. The largest absolute Gasteiger partial charge is 0.247 e. The molecule has 4 nitrogen and oxygen atoms in total. The summed E-state index contributed by atoms with van der Waals surface area (Å²) in [6.45, 7) is 0. The van der Waals surface area contributed by atoms with Crippen LogP contribution in [0.25, 0.3) is 120 Å². The monoisotopic (exact) mass is 794 g/mol. The van der Waals surface area contributed by atoms with Crippen molar-refractivity contribution in [3.05, 3.63) is 206 Å². The van der Waals surface area contributed by atoms with Crippen molar-refractivity contribution in [3.63, 3.8) is 0 Å². The van der Waals surface area contributed by atoms with Gasteiger partial charge in [0.05, 0.1) is 11.2 Å². The third-order valence-electron chi connectivity index (χ3n) is 11.7. The van der Waals surface area contributed by atoms with Crippen LogP contribution >= 0.6 is 11.3 Å². The number of benzene rings is 9. The first-order valence-corrected chi connectivity index (χ1v) is 21.3. The molecule has 12 aromatic rings. The smallest absolute Gasteiger partial charge is 0.164 e. The molecule has 0 amide bonds. The summed E-state index contributed by atoms with van der Waals surface area (Å²) in [5, 5.41) is 9.83. The van der Waals surface area contributed by atoms with Gasteiger partial charge >= 0.3 is 0 Å². The van der Waals surface area contributed by atoms with Crippen molar-refractivity contribution < 1.29 is 0 Å². The van der Waals surface area contributed by atoms with Gasteiger partial charge in [-0.15, -0.1) is 11.3 Å². The van der Waals surface area contributed by atoms with Crippen molar-refractivity contribution in [1.82, 2.24) is 19.9 Å². The second kappa shape index (κ2) is 14.5. The lowest BCUT2D eigenvalue weighted by molar-refractivity contribution is 1.07. The van der Waals surface area contributed by atoms with E-state index in [1.165, 1.54) is 47.5 Å². The highest BCUT2D eigenvalue weighted by Crippen LogP contribution is 2.51. The molecular weight excluding hydrogens is 761 g/mol. The summed E-state index contributed by atoms with van der Waals surface area (Å²) in [5.41, 5.74) is 9.33. The molecule has 0 saturated carbocycles. The number of fused-ring (bicyclic) bond motifs is 9. The van der Waals surface area contributed by atoms with Gasteiger partial charge in [-0.1, -0.05) is 194 Å². The van der Waals surface area contributed by atoms with Crippen LogP contribution in [-0.2, 0) is 0 Å². The van der Waals surface area contributed by atoms with Gasteiger partial charge in [-0.05, 0) is 55.6 Å². The molecule has 9 aromatic carbocycles. The maximum atomic E-state index is 5.42. The molecule has 0 saturated heterocycles. The molecule has 0 aliphatic heterocycles. The van der Waals surface area contributed by atoms with Crippen LogP contribution in [0.15, 0.2) is 206 Å². The summed E-state index contributed by atoms with van der Waals surface area (Å²) in [4.78, 5) is 21.6. The van der Waals surface area contributed by atoms with E-state index in [1.54, 1.807) is 0 Å². The number of para-hydroxylation sites is 1. The predicted molar refractivity (Wildman–Crippen MR) is 256 cm³/mol. The normalized spacial score (nSPS) is 11.6. The minimum absolute atomic E-state index is 0.631. The lowest BCUT2D eigenvalue weighted by Gasteiger charge is -2.14. The predicted octanol–water partition coefficient (Wildman–Crippen LogP) is 15.1. The molecule has 0 fully saturated rings. The zero-order chi connectivity index (χ0) is 40.3. The molecule has 3 aromatic heterocycles. The Balaban J connectivity index is 1.11. The Labute approximate surface area is 356 Å². The summed E-state index contributed by atoms with van der Waals surface area (Å²) < 4.78 is 1.22. The standard InChI is InChI=1S/C56H34N4S/c1-4-16-35(17-5-1)51-50-49(40-32-33-45-43-24-11-10-22-41(43)42-23-12-13-25-44(42)47(45)34-40)52(61-53(50)46-26-14-15-27-48(46)57-51)36-28-30-39(31-29-36)56-59-54(37-18-6-2-7-19-37)58-55(60-56)38-20-8-3-9-21-38/h1-34H. The zero-order valence-electron chi connectivity index (χ0n) is 32.8. The Hall–Kier alpha value is -7.86. The molecule has 12 rings (SSSR count). The summed E-state index contributed by atoms with van der Waals surface area (Å²) in [6.07, 6.45) is 0. The molecular formula is C56H34N4S. The molecule has 61 heavy (non-hydrogen) atoms. The second-order valence-corrected chi connectivity index (χ2v) is 16.3. The zero-order valence-corrected chi connectivity index (χ0v) is 33.6. The lowest BCUT2D eigenvalue weighted by Crippen LogP contribution is -2.00. The van der Waals surface area contributed by atoms with Gasteiger partial charge < -0.3 is 0 Å². The van der Waals surface area contributed by atoms with E-state index < -0.39 is 0 Å². The minimum Gasteiger partial charge on any atom is -0.247 e. The van der Waals surface area contributed by atoms with Crippen molar-refractivity contribution in [2.75, 3.05) is 0 Å². The fourth-order valence-electron chi connectivity index (χ4n) is 8.84. The Morgan fingerprint density at radius 1 is 0.295 bits per heavy atom. The van der Waals surface area contributed by atoms with Gasteiger partial charge in [-0.25, -0.2) is 19.9 Å². The van der Waals surface area contributed by atoms with Gasteiger partial charge in [0.1, 0.15) is 0 Å². The molecule has 3 heterocycles. The van der Waals surface area contributed by atoms with Crippen molar-refractivity contribution in [1.29, 1.82) is 0 Å². The highest BCUT2D eigenvalue weighted by Gasteiger charge is 2.24. The fourth-order valence-corrected chi connectivity index (χ4v) is 10.2. The van der Waals surface area contributed by atoms with Crippen molar-refractivity contribution in [3.8, 4) is 67.0 Å². The van der Waals surface area contributed by atoms with E-state index in [1.807, 2.05) is 72.0 Å². The van der Waals surface area contributed by atoms with Gasteiger partial charge in [0, 0.05) is 48.2 Å². The summed E-state index contributed by atoms with van der Waals surface area (Å²) in [5.74, 6) is 1.92. The first-order valence-electron chi connectivity index (χ1n) is 20.5. The van der Waals surface area contributed by atoms with E-state index in [0.717, 1.165) is 55.4 Å². The number of thiophene rings is 1. The summed E-state index contributed by atoms with van der Waals surface area (Å²) >= 11 is 1.84. The average molecular weight is 795 g/mol. The van der Waals surface area contributed by atoms with Gasteiger partial charge in [-0.3, -0.25) is 0 Å². The van der Waals surface area contributed by atoms with E-state index in [2.05, 4.69) is 146 Å². The van der Waals surface area contributed by atoms with Gasteiger partial charge in [0.15, 0.2) is 17.5 Å². The minimum atomic E-state index is 0.631. The number of rotatable bonds is 6. The number of hydrogen-bond donors (Lipinski definition) is 0. The maximum Gasteiger partial charge on any atom is 0.164 e. The summed E-state index contributed by atoms with van der Waals surface area (Å²) in [7, 11) is 0. The molecule has 0 radical (unpaired) electrons. The summed E-state index contributed by atoms with van der Waals surface area (Å²) in [6, 6.07) is 72.8. The van der Waals surface area contributed by atoms with Crippen molar-refractivity contribution >= 4 is 64.6 Å². The first-order chi connectivity index (χ1) is 30.2. The van der Waals surface area contributed by atoms with Gasteiger partial charge in [0.2, 0.25) is 0 Å². The lowest BCUT2D eigenvalue weighted by atomic mass is 9.90. The van der Waals surface area contributed by atoms with E-state index in [9.17, 15) is 0 Å². The SMILES string of the molecule is c1ccc(-c2nc(-c3ccccc3)nc(-c3ccc(-c4sc5c(c(-c6ccccc6)nc6ccccc65)c4-c4ccc5c6ccccc6c6ccccc6c5c4)cc3)n2)cc1. The van der Waals surface area contributed by atoms with Crippen LogP contribution in [0.4, 0.5) is 0 Å². The van der Waals surface area contributed by atoms with Crippen LogP contribution in [0.2, 0.25) is 0 Å². The van der Waals surface area contributed by atoms with Crippen LogP contribution in [0.3, 0.4) is 0 Å². The molecule has 0 atom stereocenters. The molecule has 5 heteroatoms. The Kier molecular flexibility index (Phi) is 8.32. The van der Waals surface area contributed by atoms with E-state index in [-0.39, 0.29) is 0 Å². The second-order valence-electron chi connectivity index (χ2n) is 15.3. The number of pyridine rings is 1. The molecule has 284 valence electrons. The fraction of sp³-hybridized carbons (Fsp3) is 0. The van der Waals surface area contributed by atoms with Gasteiger partial charge in [-0.2, -0.15) is 0 Å². The third-order valence-corrected chi connectivity index (χ3v) is 13.0. The highest BCUT2D eigenvalue weighted by atomic mass is 32.1. The molecule has 0 aliphatic carbocycles. The van der Waals surface area contributed by atoms with Crippen molar-refractivity contribution in [2.24, 2.45) is 0 Å². The van der Waals surface area contributed by atoms with E-state index >= 15 is 0 Å². The van der Waals surface area contributed by atoms with Crippen LogP contribution in [-0.4, -0.2) is 19.9 Å². The molecule has 0 N–H and O–H groups in total. The Morgan fingerprint density at radius 2 is 0.705 bits per heavy atom. The topological polar surface area (TPSA) is 51.6 Å². The van der Waals surface area contributed by atoms with Gasteiger partial charge in [0.25, 0.3) is 0 Å². The molecule has 0 aliphatic rings. The molecule has 0 bridgehead atoms. The Morgan fingerprint density at radius 3 is 1.26 bits per heavy atom. The number of aromatic nitrogens is 4. The van der Waals surface area contributed by atoms with Crippen LogP contribution in [0.1, 0.15) is 0 Å². The first kappa shape index (κ1) is 35.1. The van der Waals surface area contributed by atoms with Crippen LogP contribution in [0.5, 0.6) is 0 Å². The third kappa shape index (κ3) is 5.97. The Bertz CT molecular complexity index is 3530. The van der Waals surface area contributed by atoms with Crippen LogP contribution in [0, 0.1) is 0 Å². The highest BCUT2D eigenvalue weighted by molar-refractivity contribution is 7.24. The number of hydrogen-bond acceptors (Lipinski definition) is 5. The quantitative estimate of drug-likeness (QED) is 0.157. The maximum absolute atomic E-state index is 5.42. The van der Waals surface area contributed by atoms with Crippen LogP contribution < -0.4 is 0 Å².